The van der Waals surface area contributed by atoms with Crippen molar-refractivity contribution < 1.29 is 9.18 Å². The molecule has 1 atom stereocenters. The van der Waals surface area contributed by atoms with Crippen molar-refractivity contribution in [2.75, 3.05) is 11.4 Å². The SMILES string of the molecule is NC1Cc2ccccc2N(C(=O)c2ccc(Cl)cc2F)C1. The molecular formula is C16H14ClFN2O. The molecule has 3 rings (SSSR count). The van der Waals surface area contributed by atoms with Gasteiger partial charge in [0.15, 0.2) is 0 Å². The fraction of sp³-hybridized carbons (Fsp3) is 0.188. The summed E-state index contributed by atoms with van der Waals surface area (Å²) in [5.74, 6) is -1.02. The number of nitrogens with zero attached hydrogens (tertiary/aromatic N) is 1. The van der Waals surface area contributed by atoms with E-state index in [1.54, 1.807) is 0 Å². The second-order valence-electron chi connectivity index (χ2n) is 5.13. The Morgan fingerprint density at radius 2 is 2.05 bits per heavy atom. The molecule has 1 unspecified atom stereocenters. The standard InChI is InChI=1S/C16H14ClFN2O/c17-11-5-6-13(14(18)8-11)16(21)20-9-12(19)7-10-3-1-2-4-15(10)20/h1-6,8,12H,7,9,19H2. The predicted octanol–water partition coefficient (Wildman–Crippen LogP) is 3.01. The van der Waals surface area contributed by atoms with E-state index < -0.39 is 11.7 Å². The van der Waals surface area contributed by atoms with Crippen LogP contribution < -0.4 is 10.6 Å². The molecule has 0 aliphatic carbocycles. The van der Waals surface area contributed by atoms with Crippen LogP contribution in [0.15, 0.2) is 42.5 Å². The number of halogens is 2. The van der Waals surface area contributed by atoms with Crippen LogP contribution in [0.2, 0.25) is 5.02 Å². The average molecular weight is 305 g/mol. The van der Waals surface area contributed by atoms with Crippen LogP contribution in [-0.2, 0) is 6.42 Å². The van der Waals surface area contributed by atoms with Crippen LogP contribution in [-0.4, -0.2) is 18.5 Å². The van der Waals surface area contributed by atoms with Gasteiger partial charge in [0.1, 0.15) is 5.82 Å². The highest BCUT2D eigenvalue weighted by Gasteiger charge is 2.28. The summed E-state index contributed by atoms with van der Waals surface area (Å²) in [4.78, 5) is 14.2. The number of hydrogen-bond donors (Lipinski definition) is 1. The Bertz CT molecular complexity index is 704. The van der Waals surface area contributed by atoms with Gasteiger partial charge in [0, 0.05) is 23.3 Å². The number of fused-ring (bicyclic) bond motifs is 1. The number of benzene rings is 2. The van der Waals surface area contributed by atoms with E-state index in [1.807, 2.05) is 24.3 Å². The number of para-hydroxylation sites is 1. The lowest BCUT2D eigenvalue weighted by atomic mass is 9.97. The van der Waals surface area contributed by atoms with E-state index in [0.717, 1.165) is 17.3 Å². The number of carbonyl (C=O) groups is 1. The third-order valence-electron chi connectivity index (χ3n) is 3.59. The zero-order chi connectivity index (χ0) is 15.0. The number of anilines is 1. The van der Waals surface area contributed by atoms with E-state index in [9.17, 15) is 9.18 Å². The smallest absolute Gasteiger partial charge is 0.261 e. The van der Waals surface area contributed by atoms with Gasteiger partial charge in [-0.1, -0.05) is 29.8 Å². The van der Waals surface area contributed by atoms with Crippen LogP contribution in [0.5, 0.6) is 0 Å². The fourth-order valence-corrected chi connectivity index (χ4v) is 2.79. The minimum Gasteiger partial charge on any atom is -0.326 e. The maximum Gasteiger partial charge on any atom is 0.261 e. The molecule has 0 fully saturated rings. The Kier molecular flexibility index (Phi) is 3.66. The highest BCUT2D eigenvalue weighted by Crippen LogP contribution is 2.28. The Balaban J connectivity index is 2.02. The highest BCUT2D eigenvalue weighted by atomic mass is 35.5. The van der Waals surface area contributed by atoms with Gasteiger partial charge in [-0.05, 0) is 36.2 Å². The Morgan fingerprint density at radius 3 is 2.81 bits per heavy atom. The van der Waals surface area contributed by atoms with Crippen molar-refractivity contribution in [2.45, 2.75) is 12.5 Å². The van der Waals surface area contributed by atoms with E-state index in [0.29, 0.717) is 13.0 Å². The number of carbonyl (C=O) groups excluding carboxylic acids is 1. The summed E-state index contributed by atoms with van der Waals surface area (Å²) >= 11 is 5.73. The topological polar surface area (TPSA) is 46.3 Å². The van der Waals surface area contributed by atoms with Gasteiger partial charge in [0.05, 0.1) is 5.56 Å². The Labute approximate surface area is 127 Å². The molecule has 0 bridgehead atoms. The number of nitrogens with two attached hydrogens (primary N) is 1. The van der Waals surface area contributed by atoms with Gasteiger partial charge in [0.2, 0.25) is 0 Å². The lowest BCUT2D eigenvalue weighted by Crippen LogP contribution is -2.46. The lowest BCUT2D eigenvalue weighted by molar-refractivity contribution is 0.0979. The minimum atomic E-state index is -0.621. The summed E-state index contributed by atoms with van der Waals surface area (Å²) in [6, 6.07) is 11.5. The van der Waals surface area contributed by atoms with Gasteiger partial charge in [-0.25, -0.2) is 4.39 Å². The summed E-state index contributed by atoms with van der Waals surface area (Å²) < 4.78 is 14.0. The van der Waals surface area contributed by atoms with Gasteiger partial charge in [-0.3, -0.25) is 4.79 Å². The van der Waals surface area contributed by atoms with Crippen LogP contribution in [0.3, 0.4) is 0 Å². The number of rotatable bonds is 1. The van der Waals surface area contributed by atoms with Gasteiger partial charge < -0.3 is 10.6 Å². The third-order valence-corrected chi connectivity index (χ3v) is 3.82. The van der Waals surface area contributed by atoms with Gasteiger partial charge in [0.25, 0.3) is 5.91 Å². The first-order valence-electron chi connectivity index (χ1n) is 6.66. The molecule has 108 valence electrons. The molecule has 1 amide bonds. The molecule has 0 saturated carbocycles. The Hall–Kier alpha value is -1.91. The maximum atomic E-state index is 14.0. The zero-order valence-corrected chi connectivity index (χ0v) is 12.0. The second kappa shape index (κ2) is 5.47. The molecule has 1 aliphatic rings. The van der Waals surface area contributed by atoms with Crippen LogP contribution in [0.4, 0.5) is 10.1 Å². The largest absolute Gasteiger partial charge is 0.326 e. The van der Waals surface area contributed by atoms with Gasteiger partial charge in [-0.2, -0.15) is 0 Å². The van der Waals surface area contributed by atoms with Crippen LogP contribution in [0, 0.1) is 5.82 Å². The van der Waals surface area contributed by atoms with Gasteiger partial charge in [-0.15, -0.1) is 0 Å². The molecule has 2 N–H and O–H groups in total. The van der Waals surface area contributed by atoms with Crippen LogP contribution >= 0.6 is 11.6 Å². The van der Waals surface area contributed by atoms with Crippen molar-refractivity contribution in [3.05, 3.63) is 64.4 Å². The van der Waals surface area contributed by atoms with Crippen LogP contribution in [0.1, 0.15) is 15.9 Å². The maximum absolute atomic E-state index is 14.0. The molecule has 1 aliphatic heterocycles. The van der Waals surface area contributed by atoms with Crippen molar-refractivity contribution in [3.8, 4) is 0 Å². The molecule has 0 aromatic heterocycles. The molecule has 1 heterocycles. The molecule has 0 spiro atoms. The third kappa shape index (κ3) is 2.64. The normalized spacial score (nSPS) is 17.5. The Morgan fingerprint density at radius 1 is 1.29 bits per heavy atom. The van der Waals surface area contributed by atoms with E-state index in [1.165, 1.54) is 17.0 Å². The first-order valence-corrected chi connectivity index (χ1v) is 7.04. The van der Waals surface area contributed by atoms with Crippen molar-refractivity contribution >= 4 is 23.2 Å². The van der Waals surface area contributed by atoms with Crippen molar-refractivity contribution in [1.29, 1.82) is 0 Å². The van der Waals surface area contributed by atoms with Crippen LogP contribution in [0.25, 0.3) is 0 Å². The summed E-state index contributed by atoms with van der Waals surface area (Å²) in [6.45, 7) is 0.373. The lowest BCUT2D eigenvalue weighted by Gasteiger charge is -2.33. The van der Waals surface area contributed by atoms with E-state index in [4.69, 9.17) is 17.3 Å². The molecule has 5 heteroatoms. The van der Waals surface area contributed by atoms with Gasteiger partial charge >= 0.3 is 0 Å². The molecular weight excluding hydrogens is 291 g/mol. The molecule has 21 heavy (non-hydrogen) atoms. The molecule has 0 radical (unpaired) electrons. The number of hydrogen-bond acceptors (Lipinski definition) is 2. The van der Waals surface area contributed by atoms with E-state index in [2.05, 4.69) is 0 Å². The minimum absolute atomic E-state index is 0.00306. The molecule has 2 aromatic carbocycles. The number of amides is 1. The first kappa shape index (κ1) is 14.0. The molecule has 3 nitrogen and oxygen atoms in total. The summed E-state index contributed by atoms with van der Waals surface area (Å²) in [6.07, 6.45) is 0.711. The van der Waals surface area contributed by atoms with Crippen molar-refractivity contribution in [2.24, 2.45) is 5.73 Å². The molecule has 2 aromatic rings. The highest BCUT2D eigenvalue weighted by molar-refractivity contribution is 6.30. The van der Waals surface area contributed by atoms with E-state index >= 15 is 0 Å². The first-order chi connectivity index (χ1) is 10.1. The zero-order valence-electron chi connectivity index (χ0n) is 11.2. The van der Waals surface area contributed by atoms with Crippen molar-refractivity contribution in [1.82, 2.24) is 0 Å². The summed E-state index contributed by atoms with van der Waals surface area (Å²) in [7, 11) is 0. The fourth-order valence-electron chi connectivity index (χ4n) is 2.63. The predicted molar refractivity (Wildman–Crippen MR) is 81.2 cm³/mol. The quantitative estimate of drug-likeness (QED) is 0.880. The second-order valence-corrected chi connectivity index (χ2v) is 5.57. The monoisotopic (exact) mass is 304 g/mol. The summed E-state index contributed by atoms with van der Waals surface area (Å²) in [5, 5.41) is 0.264. The molecule has 0 saturated heterocycles. The average Bonchev–Trinajstić information content (AvgIpc) is 2.45. The van der Waals surface area contributed by atoms with Crippen molar-refractivity contribution in [3.63, 3.8) is 0 Å². The summed E-state index contributed by atoms with van der Waals surface area (Å²) in [5.41, 5.74) is 7.80. The van der Waals surface area contributed by atoms with E-state index in [-0.39, 0.29) is 16.6 Å².